The molecule has 1 heterocycles. The number of para-hydroxylation sites is 1. The third kappa shape index (κ3) is 1.88. The smallest absolute Gasteiger partial charge is 0.225 e. The zero-order valence-corrected chi connectivity index (χ0v) is 9.69. The van der Waals surface area contributed by atoms with Crippen molar-refractivity contribution in [1.29, 1.82) is 0 Å². The van der Waals surface area contributed by atoms with E-state index in [1.807, 2.05) is 30.3 Å². The third-order valence-electron chi connectivity index (χ3n) is 3.25. The largest absolute Gasteiger partial charge is 0.326 e. The Morgan fingerprint density at radius 2 is 1.94 bits per heavy atom. The van der Waals surface area contributed by atoms with Crippen molar-refractivity contribution >= 4 is 11.6 Å². The third-order valence-corrected chi connectivity index (χ3v) is 3.25. The molecule has 3 heteroatoms. The summed E-state index contributed by atoms with van der Waals surface area (Å²) >= 11 is 0. The Morgan fingerprint density at radius 1 is 1.11 bits per heavy atom. The molecule has 0 fully saturated rings. The van der Waals surface area contributed by atoms with Crippen LogP contribution in [0.5, 0.6) is 0 Å². The molecule has 0 saturated carbocycles. The zero-order chi connectivity index (χ0) is 12.5. The molecule has 1 unspecified atom stereocenters. The fourth-order valence-corrected chi connectivity index (χ4v) is 2.43. The summed E-state index contributed by atoms with van der Waals surface area (Å²) in [4.78, 5) is 11.7. The summed E-state index contributed by atoms with van der Waals surface area (Å²) < 4.78 is 13.3. The van der Waals surface area contributed by atoms with Crippen LogP contribution < -0.4 is 5.32 Å². The molecule has 0 aliphatic carbocycles. The van der Waals surface area contributed by atoms with Crippen LogP contribution >= 0.6 is 0 Å². The first-order valence-electron chi connectivity index (χ1n) is 5.88. The Balaban J connectivity index is 2.10. The summed E-state index contributed by atoms with van der Waals surface area (Å²) in [6, 6.07) is 14.1. The van der Waals surface area contributed by atoms with Crippen LogP contribution in [0.3, 0.4) is 0 Å². The minimum absolute atomic E-state index is 0.0250. The number of amides is 1. The molecular weight excluding hydrogens is 229 g/mol. The van der Waals surface area contributed by atoms with Gasteiger partial charge in [-0.1, -0.05) is 30.3 Å². The van der Waals surface area contributed by atoms with E-state index in [0.717, 1.165) is 16.8 Å². The molecule has 1 atom stereocenters. The van der Waals surface area contributed by atoms with Gasteiger partial charge in [-0.2, -0.15) is 0 Å². The number of carbonyl (C=O) groups is 1. The van der Waals surface area contributed by atoms with Gasteiger partial charge in [0, 0.05) is 18.0 Å². The minimum Gasteiger partial charge on any atom is -0.326 e. The van der Waals surface area contributed by atoms with Crippen molar-refractivity contribution in [1.82, 2.24) is 0 Å². The molecule has 2 aromatic carbocycles. The van der Waals surface area contributed by atoms with Crippen LogP contribution in [0.4, 0.5) is 10.1 Å². The molecule has 0 radical (unpaired) electrons. The Hall–Kier alpha value is -2.16. The molecular formula is C15H12FNO. The summed E-state index contributed by atoms with van der Waals surface area (Å²) in [5.74, 6) is -0.357. The van der Waals surface area contributed by atoms with Crippen LogP contribution in [0, 0.1) is 5.82 Å². The maximum atomic E-state index is 13.3. The molecule has 0 spiro atoms. The molecule has 1 N–H and O–H groups in total. The molecule has 18 heavy (non-hydrogen) atoms. The molecule has 0 saturated heterocycles. The lowest BCUT2D eigenvalue weighted by molar-refractivity contribution is -0.116. The van der Waals surface area contributed by atoms with Crippen molar-refractivity contribution in [3.8, 4) is 0 Å². The standard InChI is InChI=1S/C15H12FNO/c16-11-5-3-4-10(8-11)13-9-15(18)17-14-7-2-1-6-12(13)14/h1-8,13H,9H2,(H,17,18). The van der Waals surface area contributed by atoms with E-state index in [4.69, 9.17) is 0 Å². The molecule has 0 aromatic heterocycles. The summed E-state index contributed by atoms with van der Waals surface area (Å²) in [7, 11) is 0. The Bertz CT molecular complexity index is 609. The summed E-state index contributed by atoms with van der Waals surface area (Å²) in [5, 5.41) is 2.84. The lowest BCUT2D eigenvalue weighted by Gasteiger charge is -2.25. The Labute approximate surface area is 104 Å². The molecule has 2 nitrogen and oxygen atoms in total. The average molecular weight is 241 g/mol. The number of carbonyl (C=O) groups excluding carboxylic acids is 1. The normalized spacial score (nSPS) is 18.1. The highest BCUT2D eigenvalue weighted by Crippen LogP contribution is 2.36. The number of benzene rings is 2. The van der Waals surface area contributed by atoms with Crippen molar-refractivity contribution in [3.05, 3.63) is 65.5 Å². The number of hydrogen-bond donors (Lipinski definition) is 1. The van der Waals surface area contributed by atoms with Gasteiger partial charge in [0.25, 0.3) is 0 Å². The van der Waals surface area contributed by atoms with Crippen molar-refractivity contribution in [2.24, 2.45) is 0 Å². The number of anilines is 1. The summed E-state index contributed by atoms with van der Waals surface area (Å²) in [5.41, 5.74) is 2.71. The van der Waals surface area contributed by atoms with Crippen molar-refractivity contribution in [2.45, 2.75) is 12.3 Å². The fraction of sp³-hybridized carbons (Fsp3) is 0.133. The van der Waals surface area contributed by atoms with Gasteiger partial charge < -0.3 is 5.32 Å². The Morgan fingerprint density at radius 3 is 2.78 bits per heavy atom. The van der Waals surface area contributed by atoms with Gasteiger partial charge in [-0.3, -0.25) is 4.79 Å². The first-order chi connectivity index (χ1) is 8.74. The highest BCUT2D eigenvalue weighted by molar-refractivity contribution is 5.95. The number of rotatable bonds is 1. The first kappa shape index (κ1) is 11.0. The minimum atomic E-state index is -0.268. The van der Waals surface area contributed by atoms with Crippen LogP contribution in [0.1, 0.15) is 23.5 Å². The predicted octanol–water partition coefficient (Wildman–Crippen LogP) is 3.30. The van der Waals surface area contributed by atoms with E-state index in [1.54, 1.807) is 6.07 Å². The van der Waals surface area contributed by atoms with Gasteiger partial charge in [-0.25, -0.2) is 4.39 Å². The van der Waals surface area contributed by atoms with Gasteiger partial charge in [-0.15, -0.1) is 0 Å². The van der Waals surface area contributed by atoms with Crippen LogP contribution in [-0.4, -0.2) is 5.91 Å². The van der Waals surface area contributed by atoms with E-state index in [2.05, 4.69) is 5.32 Å². The van der Waals surface area contributed by atoms with Gasteiger partial charge in [0.15, 0.2) is 0 Å². The van der Waals surface area contributed by atoms with Crippen molar-refractivity contribution < 1.29 is 9.18 Å². The highest BCUT2D eigenvalue weighted by atomic mass is 19.1. The van der Waals surface area contributed by atoms with E-state index >= 15 is 0 Å². The maximum absolute atomic E-state index is 13.3. The lowest BCUT2D eigenvalue weighted by Crippen LogP contribution is -2.23. The number of fused-ring (bicyclic) bond motifs is 1. The molecule has 1 aliphatic heterocycles. The quantitative estimate of drug-likeness (QED) is 0.815. The van der Waals surface area contributed by atoms with E-state index in [-0.39, 0.29) is 17.6 Å². The second-order valence-electron chi connectivity index (χ2n) is 4.45. The van der Waals surface area contributed by atoms with Gasteiger partial charge >= 0.3 is 0 Å². The zero-order valence-electron chi connectivity index (χ0n) is 9.69. The topological polar surface area (TPSA) is 29.1 Å². The van der Waals surface area contributed by atoms with E-state index < -0.39 is 0 Å². The summed E-state index contributed by atoms with van der Waals surface area (Å²) in [6.07, 6.45) is 0.362. The molecule has 1 aliphatic rings. The van der Waals surface area contributed by atoms with E-state index in [1.165, 1.54) is 12.1 Å². The van der Waals surface area contributed by atoms with Crippen LogP contribution in [-0.2, 0) is 4.79 Å². The van der Waals surface area contributed by atoms with Crippen molar-refractivity contribution in [2.75, 3.05) is 5.32 Å². The molecule has 90 valence electrons. The van der Waals surface area contributed by atoms with Gasteiger partial charge in [0.05, 0.1) is 0 Å². The van der Waals surface area contributed by atoms with Crippen LogP contribution in [0.2, 0.25) is 0 Å². The van der Waals surface area contributed by atoms with Crippen LogP contribution in [0.25, 0.3) is 0 Å². The maximum Gasteiger partial charge on any atom is 0.225 e. The average Bonchev–Trinajstić information content (AvgIpc) is 2.37. The Kier molecular flexibility index (Phi) is 2.59. The second-order valence-corrected chi connectivity index (χ2v) is 4.45. The fourth-order valence-electron chi connectivity index (χ4n) is 2.43. The highest BCUT2D eigenvalue weighted by Gasteiger charge is 2.26. The lowest BCUT2D eigenvalue weighted by atomic mass is 9.85. The van der Waals surface area contributed by atoms with Crippen LogP contribution in [0.15, 0.2) is 48.5 Å². The molecule has 1 amide bonds. The van der Waals surface area contributed by atoms with E-state index in [0.29, 0.717) is 6.42 Å². The molecule has 2 aromatic rings. The molecule has 0 bridgehead atoms. The second kappa shape index (κ2) is 4.26. The number of hydrogen-bond acceptors (Lipinski definition) is 1. The monoisotopic (exact) mass is 241 g/mol. The predicted molar refractivity (Wildman–Crippen MR) is 67.9 cm³/mol. The number of nitrogens with one attached hydrogen (secondary N) is 1. The van der Waals surface area contributed by atoms with Gasteiger partial charge in [-0.05, 0) is 29.3 Å². The first-order valence-corrected chi connectivity index (χ1v) is 5.88. The summed E-state index contributed by atoms with van der Waals surface area (Å²) in [6.45, 7) is 0. The van der Waals surface area contributed by atoms with Crippen molar-refractivity contribution in [3.63, 3.8) is 0 Å². The van der Waals surface area contributed by atoms with Gasteiger partial charge in [0.1, 0.15) is 5.82 Å². The van der Waals surface area contributed by atoms with E-state index in [9.17, 15) is 9.18 Å². The SMILES string of the molecule is O=C1CC(c2cccc(F)c2)c2ccccc2N1. The molecule has 3 rings (SSSR count). The number of halogens is 1. The van der Waals surface area contributed by atoms with Gasteiger partial charge in [0.2, 0.25) is 5.91 Å².